The lowest BCUT2D eigenvalue weighted by molar-refractivity contribution is -0.137. The van der Waals surface area contributed by atoms with E-state index in [1.165, 1.54) is 4.90 Å². The number of epoxide rings is 1. The van der Waals surface area contributed by atoms with Crippen LogP contribution in [0.5, 0.6) is 11.5 Å². The number of phenols is 2. The van der Waals surface area contributed by atoms with Gasteiger partial charge in [0.05, 0.1) is 30.1 Å². The number of amides is 1. The number of aliphatic hydroxyl groups is 2. The lowest BCUT2D eigenvalue weighted by Gasteiger charge is -2.19. The molecule has 3 rings (SSSR count). The van der Waals surface area contributed by atoms with Crippen molar-refractivity contribution in [1.82, 2.24) is 4.90 Å². The van der Waals surface area contributed by atoms with Crippen LogP contribution in [0.4, 0.5) is 0 Å². The molecular formula is C24H29ClN2O9. The molecule has 0 aliphatic carbocycles. The molecule has 4 N–H and O–H groups in total. The van der Waals surface area contributed by atoms with E-state index < -0.39 is 36.1 Å². The average Bonchev–Trinajstić information content (AvgIpc) is 3.55. The van der Waals surface area contributed by atoms with Crippen molar-refractivity contribution in [3.05, 3.63) is 46.5 Å². The quantitative estimate of drug-likeness (QED) is 0.234. The average molecular weight is 525 g/mol. The first-order valence-electron chi connectivity index (χ1n) is 11.4. The summed E-state index contributed by atoms with van der Waals surface area (Å²) in [5.74, 6) is -2.29. The van der Waals surface area contributed by atoms with Gasteiger partial charge in [-0.05, 0) is 18.6 Å². The maximum Gasteiger partial charge on any atom is 0.342 e. The Balaban J connectivity index is 1.91. The van der Waals surface area contributed by atoms with Gasteiger partial charge in [-0.25, -0.2) is 4.79 Å². The van der Waals surface area contributed by atoms with Gasteiger partial charge in [-0.1, -0.05) is 35.0 Å². The number of phenolic OH excluding ortho intramolecular Hbond substituents is 2. The summed E-state index contributed by atoms with van der Waals surface area (Å²) in [6.45, 7) is 0.720. The summed E-state index contributed by atoms with van der Waals surface area (Å²) < 4.78 is 11.0. The molecule has 12 heteroatoms. The zero-order valence-electron chi connectivity index (χ0n) is 19.7. The first-order chi connectivity index (χ1) is 17.2. The maximum absolute atomic E-state index is 12.9. The summed E-state index contributed by atoms with van der Waals surface area (Å²) in [7, 11) is 0. The minimum atomic E-state index is -0.829. The molecule has 1 amide bonds. The highest BCUT2D eigenvalue weighted by molar-refractivity contribution is 6.33. The number of hydrogen-bond donors (Lipinski definition) is 4. The second-order valence-electron chi connectivity index (χ2n) is 8.28. The molecule has 1 saturated heterocycles. The Morgan fingerprint density at radius 2 is 1.94 bits per heavy atom. The molecule has 2 aliphatic heterocycles. The van der Waals surface area contributed by atoms with E-state index in [-0.39, 0.29) is 66.8 Å². The number of esters is 1. The third-order valence-corrected chi connectivity index (χ3v) is 5.96. The Hall–Kier alpha value is -3.12. The van der Waals surface area contributed by atoms with E-state index in [0.717, 1.165) is 6.07 Å². The number of nitrogens with zero attached hydrogens (tertiary/aromatic N) is 2. The van der Waals surface area contributed by atoms with Crippen LogP contribution in [0, 0.1) is 0 Å². The fourth-order valence-corrected chi connectivity index (χ4v) is 3.93. The summed E-state index contributed by atoms with van der Waals surface area (Å²) in [5.41, 5.74) is 0.0517. The Labute approximate surface area is 212 Å². The lowest BCUT2D eigenvalue weighted by Crippen LogP contribution is -2.38. The van der Waals surface area contributed by atoms with Crippen LogP contribution < -0.4 is 0 Å². The van der Waals surface area contributed by atoms with Crippen molar-refractivity contribution in [2.75, 3.05) is 32.9 Å². The Bertz CT molecular complexity index is 1050. The first kappa shape index (κ1) is 27.5. The number of allylic oxidation sites excluding steroid dienone is 3. The van der Waals surface area contributed by atoms with Crippen molar-refractivity contribution in [2.24, 2.45) is 5.16 Å². The van der Waals surface area contributed by atoms with Crippen molar-refractivity contribution in [2.45, 2.75) is 38.1 Å². The first-order valence-corrected chi connectivity index (χ1v) is 11.8. The number of fused-ring (bicyclic) bond motifs is 2. The van der Waals surface area contributed by atoms with Crippen molar-refractivity contribution in [1.29, 1.82) is 0 Å². The third-order valence-electron chi connectivity index (χ3n) is 5.54. The number of carbonyl (C=O) groups excluding carboxylic acids is 2. The minimum absolute atomic E-state index is 0.0241. The number of cyclic esters (lactones) is 1. The van der Waals surface area contributed by atoms with E-state index in [4.69, 9.17) is 36.1 Å². The van der Waals surface area contributed by atoms with Gasteiger partial charge < -0.3 is 39.6 Å². The van der Waals surface area contributed by atoms with E-state index in [0.29, 0.717) is 6.42 Å². The molecule has 0 aromatic heterocycles. The van der Waals surface area contributed by atoms with Gasteiger partial charge in [0.2, 0.25) is 0 Å². The third kappa shape index (κ3) is 7.20. The van der Waals surface area contributed by atoms with Crippen molar-refractivity contribution in [3.8, 4) is 11.5 Å². The van der Waals surface area contributed by atoms with Gasteiger partial charge in [0, 0.05) is 32.0 Å². The molecule has 196 valence electrons. The van der Waals surface area contributed by atoms with Gasteiger partial charge in [-0.2, -0.15) is 0 Å². The molecule has 36 heavy (non-hydrogen) atoms. The van der Waals surface area contributed by atoms with Crippen LogP contribution in [-0.4, -0.2) is 94.1 Å². The lowest BCUT2D eigenvalue weighted by atomic mass is 9.99. The summed E-state index contributed by atoms with van der Waals surface area (Å²) in [4.78, 5) is 31.7. The molecule has 1 aromatic rings. The number of ether oxygens (including phenoxy) is 2. The van der Waals surface area contributed by atoms with Crippen LogP contribution >= 0.6 is 11.6 Å². The van der Waals surface area contributed by atoms with Crippen LogP contribution in [0.25, 0.3) is 0 Å². The van der Waals surface area contributed by atoms with E-state index in [2.05, 4.69) is 5.16 Å². The molecule has 1 fully saturated rings. The molecule has 0 unspecified atom stereocenters. The standard InChI is InChI=1S/C24H29ClN2O9/c1-14-10-20-19(36-20)5-3-2-4-15(26-34-13-21(32)27(6-8-28)7-9-29)11-16-22(24(33)35-14)17(30)12-18(31)23(16)25/h2-5,12,14,19-20,28-31H,6-11,13H2,1H3/b4-2+,5-3+,26-15+/t14-,19-,20-/m1/s1. The largest absolute Gasteiger partial charge is 0.507 e. The predicted molar refractivity (Wildman–Crippen MR) is 129 cm³/mol. The maximum atomic E-state index is 12.9. The summed E-state index contributed by atoms with van der Waals surface area (Å²) in [6.07, 6.45) is 6.37. The van der Waals surface area contributed by atoms with Gasteiger partial charge in [-0.15, -0.1) is 0 Å². The van der Waals surface area contributed by atoms with E-state index in [9.17, 15) is 19.8 Å². The van der Waals surface area contributed by atoms with Gasteiger partial charge in [0.1, 0.15) is 29.3 Å². The SMILES string of the molecule is C[C@@H]1C[C@H]2O[C@@H]2/C=C/C=C/C(=N\OCC(=O)N(CCO)CCO)Cc2c(Cl)c(O)cc(O)c2C(=O)O1. The monoisotopic (exact) mass is 524 g/mol. The van der Waals surface area contributed by atoms with Gasteiger partial charge in [0.25, 0.3) is 5.91 Å². The highest BCUT2D eigenvalue weighted by Gasteiger charge is 2.38. The molecule has 0 saturated carbocycles. The van der Waals surface area contributed by atoms with E-state index >= 15 is 0 Å². The molecular weight excluding hydrogens is 496 g/mol. The zero-order valence-corrected chi connectivity index (χ0v) is 20.4. The highest BCUT2D eigenvalue weighted by atomic mass is 35.5. The number of aromatic hydroxyl groups is 2. The van der Waals surface area contributed by atoms with E-state index in [1.54, 1.807) is 25.2 Å². The smallest absolute Gasteiger partial charge is 0.342 e. The van der Waals surface area contributed by atoms with Crippen LogP contribution in [-0.2, 0) is 25.5 Å². The Morgan fingerprint density at radius 3 is 2.64 bits per heavy atom. The fourth-order valence-electron chi connectivity index (χ4n) is 3.72. The molecule has 3 atom stereocenters. The Morgan fingerprint density at radius 1 is 1.22 bits per heavy atom. The van der Waals surface area contributed by atoms with Gasteiger partial charge in [0.15, 0.2) is 6.61 Å². The van der Waals surface area contributed by atoms with Gasteiger partial charge in [-0.3, -0.25) is 4.79 Å². The molecule has 2 heterocycles. The molecule has 2 aliphatic rings. The number of rotatable bonds is 7. The fraction of sp³-hybridized carbons (Fsp3) is 0.458. The van der Waals surface area contributed by atoms with Crippen LogP contribution in [0.1, 0.15) is 29.3 Å². The number of oxime groups is 1. The normalized spacial score (nSPS) is 24.6. The number of benzene rings is 1. The molecule has 1 aromatic carbocycles. The molecule has 0 bridgehead atoms. The van der Waals surface area contributed by atoms with Crippen molar-refractivity contribution in [3.63, 3.8) is 0 Å². The number of carbonyl (C=O) groups is 2. The summed E-state index contributed by atoms with van der Waals surface area (Å²) in [5, 5.41) is 42.6. The molecule has 0 radical (unpaired) electrons. The number of halogens is 1. The topological polar surface area (TPSA) is 162 Å². The predicted octanol–water partition coefficient (Wildman–Crippen LogP) is 1.31. The van der Waals surface area contributed by atoms with Crippen molar-refractivity contribution < 1.29 is 44.3 Å². The number of aliphatic hydroxyl groups excluding tert-OH is 2. The second kappa shape index (κ2) is 12.7. The molecule has 11 nitrogen and oxygen atoms in total. The highest BCUT2D eigenvalue weighted by Crippen LogP contribution is 2.38. The summed E-state index contributed by atoms with van der Waals surface area (Å²) in [6, 6.07) is 0.956. The zero-order chi connectivity index (χ0) is 26.2. The number of hydrogen-bond acceptors (Lipinski definition) is 10. The second-order valence-corrected chi connectivity index (χ2v) is 8.66. The van der Waals surface area contributed by atoms with Gasteiger partial charge >= 0.3 is 5.97 Å². The molecule has 0 spiro atoms. The van der Waals surface area contributed by atoms with E-state index in [1.807, 2.05) is 6.08 Å². The van der Waals surface area contributed by atoms with Crippen LogP contribution in [0.2, 0.25) is 5.02 Å². The summed E-state index contributed by atoms with van der Waals surface area (Å²) >= 11 is 6.30. The van der Waals surface area contributed by atoms with Crippen molar-refractivity contribution >= 4 is 29.2 Å². The van der Waals surface area contributed by atoms with Crippen LogP contribution in [0.15, 0.2) is 35.5 Å². The Kier molecular flexibility index (Phi) is 9.71. The van der Waals surface area contributed by atoms with Crippen LogP contribution in [0.3, 0.4) is 0 Å². The minimum Gasteiger partial charge on any atom is -0.507 e.